The molecule has 0 saturated carbocycles. The highest BCUT2D eigenvalue weighted by atomic mass is 32.2. The molecule has 1 atom stereocenters. The summed E-state index contributed by atoms with van der Waals surface area (Å²) in [5.41, 5.74) is 1.40. The van der Waals surface area contributed by atoms with Crippen LogP contribution in [0.5, 0.6) is 0 Å². The van der Waals surface area contributed by atoms with Gasteiger partial charge in [-0.05, 0) is 43.5 Å². The molecule has 0 aliphatic carbocycles. The maximum absolute atomic E-state index is 4.70. The van der Waals surface area contributed by atoms with E-state index in [4.69, 9.17) is 4.98 Å². The van der Waals surface area contributed by atoms with Crippen molar-refractivity contribution in [3.8, 4) is 0 Å². The Hall–Kier alpha value is -1.32. The van der Waals surface area contributed by atoms with Crippen LogP contribution in [-0.4, -0.2) is 23.0 Å². The van der Waals surface area contributed by atoms with E-state index in [1.165, 1.54) is 47.8 Å². The van der Waals surface area contributed by atoms with Crippen molar-refractivity contribution in [2.45, 2.75) is 49.1 Å². The third kappa shape index (κ3) is 4.36. The Morgan fingerprint density at radius 3 is 2.74 bits per heavy atom. The van der Waals surface area contributed by atoms with Gasteiger partial charge in [-0.15, -0.1) is 0 Å². The summed E-state index contributed by atoms with van der Waals surface area (Å²) in [7, 11) is 0. The minimum atomic E-state index is 0.520. The third-order valence-electron chi connectivity index (χ3n) is 4.33. The standard InChI is InChI=1S/C20H26N2S/c1-16(2)15-22-14-7-6-12-19(22)18-11-8-13-21-20(18)23-17-9-4-3-5-10-17/h3-5,8-11,13,16,19H,6-7,12,14-15H2,1-2H3/t19-/m1/s1. The highest BCUT2D eigenvalue weighted by Gasteiger charge is 2.26. The number of piperidine rings is 1. The van der Waals surface area contributed by atoms with Gasteiger partial charge in [0.05, 0.1) is 0 Å². The number of pyridine rings is 1. The van der Waals surface area contributed by atoms with Gasteiger partial charge in [-0.3, -0.25) is 4.90 Å². The number of rotatable bonds is 5. The third-order valence-corrected chi connectivity index (χ3v) is 5.37. The molecule has 1 aliphatic rings. The second-order valence-corrected chi connectivity index (χ2v) is 7.78. The second kappa shape index (κ2) is 7.98. The van der Waals surface area contributed by atoms with Gasteiger partial charge in [0.1, 0.15) is 5.03 Å². The molecule has 23 heavy (non-hydrogen) atoms. The van der Waals surface area contributed by atoms with Gasteiger partial charge in [0.15, 0.2) is 0 Å². The predicted molar refractivity (Wildman–Crippen MR) is 97.8 cm³/mol. The van der Waals surface area contributed by atoms with E-state index in [0.29, 0.717) is 12.0 Å². The van der Waals surface area contributed by atoms with Crippen LogP contribution in [0.1, 0.15) is 44.7 Å². The Kier molecular flexibility index (Phi) is 5.74. The smallest absolute Gasteiger partial charge is 0.105 e. The molecule has 1 aromatic heterocycles. The first-order valence-electron chi connectivity index (χ1n) is 8.66. The Morgan fingerprint density at radius 1 is 1.13 bits per heavy atom. The van der Waals surface area contributed by atoms with Crippen LogP contribution in [0.15, 0.2) is 58.6 Å². The Bertz CT molecular complexity index is 612. The molecule has 3 rings (SSSR count). The van der Waals surface area contributed by atoms with E-state index in [1.807, 2.05) is 6.20 Å². The molecule has 122 valence electrons. The van der Waals surface area contributed by atoms with E-state index >= 15 is 0 Å². The summed E-state index contributed by atoms with van der Waals surface area (Å²) in [6, 6.07) is 15.5. The summed E-state index contributed by atoms with van der Waals surface area (Å²) in [4.78, 5) is 8.63. The molecule has 0 amide bonds. The number of aromatic nitrogens is 1. The van der Waals surface area contributed by atoms with Crippen LogP contribution in [0.4, 0.5) is 0 Å². The van der Waals surface area contributed by atoms with Gasteiger partial charge in [0.2, 0.25) is 0 Å². The molecular weight excluding hydrogens is 300 g/mol. The fraction of sp³-hybridized carbons (Fsp3) is 0.450. The average Bonchev–Trinajstić information content (AvgIpc) is 2.56. The molecule has 0 unspecified atom stereocenters. The van der Waals surface area contributed by atoms with Gasteiger partial charge in [-0.1, -0.05) is 56.3 Å². The Morgan fingerprint density at radius 2 is 1.96 bits per heavy atom. The second-order valence-electron chi connectivity index (χ2n) is 6.71. The van der Waals surface area contributed by atoms with Crippen molar-refractivity contribution in [3.05, 3.63) is 54.2 Å². The maximum atomic E-state index is 4.70. The molecule has 2 nitrogen and oxygen atoms in total. The fourth-order valence-corrected chi connectivity index (χ4v) is 4.33. The van der Waals surface area contributed by atoms with Crippen LogP contribution in [-0.2, 0) is 0 Å². The van der Waals surface area contributed by atoms with Gasteiger partial charge in [-0.25, -0.2) is 4.98 Å². The van der Waals surface area contributed by atoms with Crippen molar-refractivity contribution in [2.75, 3.05) is 13.1 Å². The van der Waals surface area contributed by atoms with Crippen LogP contribution in [0.2, 0.25) is 0 Å². The number of nitrogens with zero attached hydrogens (tertiary/aromatic N) is 2. The Labute approximate surface area is 144 Å². The summed E-state index contributed by atoms with van der Waals surface area (Å²) in [6.07, 6.45) is 5.82. The van der Waals surface area contributed by atoms with E-state index in [0.717, 1.165) is 0 Å². The quantitative estimate of drug-likeness (QED) is 0.730. The predicted octanol–water partition coefficient (Wildman–Crippen LogP) is 5.42. The molecule has 0 spiro atoms. The topological polar surface area (TPSA) is 16.1 Å². The van der Waals surface area contributed by atoms with Crippen molar-refractivity contribution < 1.29 is 0 Å². The average molecular weight is 327 g/mol. The van der Waals surface area contributed by atoms with Crippen molar-refractivity contribution in [2.24, 2.45) is 5.92 Å². The summed E-state index contributed by atoms with van der Waals surface area (Å²) in [5, 5.41) is 1.17. The first kappa shape index (κ1) is 16.5. The minimum absolute atomic E-state index is 0.520. The van der Waals surface area contributed by atoms with Crippen LogP contribution in [0.25, 0.3) is 0 Å². The van der Waals surface area contributed by atoms with Crippen molar-refractivity contribution >= 4 is 11.8 Å². The van der Waals surface area contributed by atoms with Crippen LogP contribution < -0.4 is 0 Å². The highest BCUT2D eigenvalue weighted by molar-refractivity contribution is 7.99. The number of benzene rings is 1. The molecule has 3 heteroatoms. The first-order valence-corrected chi connectivity index (χ1v) is 9.47. The van der Waals surface area contributed by atoms with Gasteiger partial charge in [0, 0.05) is 29.2 Å². The van der Waals surface area contributed by atoms with Gasteiger partial charge in [0.25, 0.3) is 0 Å². The monoisotopic (exact) mass is 326 g/mol. The molecule has 1 aromatic carbocycles. The lowest BCUT2D eigenvalue weighted by Crippen LogP contribution is -2.36. The van der Waals surface area contributed by atoms with E-state index in [-0.39, 0.29) is 0 Å². The SMILES string of the molecule is CC(C)CN1CCCC[C@@H]1c1cccnc1Sc1ccccc1. The minimum Gasteiger partial charge on any atom is -0.296 e. The van der Waals surface area contributed by atoms with E-state index in [1.54, 1.807) is 11.8 Å². The molecule has 0 bridgehead atoms. The van der Waals surface area contributed by atoms with Crippen LogP contribution in [0.3, 0.4) is 0 Å². The highest BCUT2D eigenvalue weighted by Crippen LogP contribution is 2.38. The number of hydrogen-bond acceptors (Lipinski definition) is 3. The Balaban J connectivity index is 1.86. The molecule has 2 heterocycles. The zero-order valence-electron chi connectivity index (χ0n) is 14.1. The molecule has 0 N–H and O–H groups in total. The van der Waals surface area contributed by atoms with Crippen molar-refractivity contribution in [3.63, 3.8) is 0 Å². The van der Waals surface area contributed by atoms with Crippen molar-refractivity contribution in [1.29, 1.82) is 0 Å². The molecule has 1 fully saturated rings. The largest absolute Gasteiger partial charge is 0.296 e. The zero-order chi connectivity index (χ0) is 16.1. The summed E-state index contributed by atoms with van der Waals surface area (Å²) in [5.74, 6) is 0.706. The summed E-state index contributed by atoms with van der Waals surface area (Å²) >= 11 is 1.79. The normalized spacial score (nSPS) is 19.2. The van der Waals surface area contributed by atoms with Gasteiger partial charge >= 0.3 is 0 Å². The molecule has 0 radical (unpaired) electrons. The molecule has 2 aromatic rings. The molecular formula is C20H26N2S. The maximum Gasteiger partial charge on any atom is 0.105 e. The number of likely N-dealkylation sites (tertiary alicyclic amines) is 1. The zero-order valence-corrected chi connectivity index (χ0v) is 14.9. The van der Waals surface area contributed by atoms with Crippen molar-refractivity contribution in [1.82, 2.24) is 9.88 Å². The van der Waals surface area contributed by atoms with Gasteiger partial charge in [-0.2, -0.15) is 0 Å². The fourth-order valence-electron chi connectivity index (χ4n) is 3.37. The van der Waals surface area contributed by atoms with E-state index in [2.05, 4.69) is 61.2 Å². The van der Waals surface area contributed by atoms with E-state index in [9.17, 15) is 0 Å². The lowest BCUT2D eigenvalue weighted by atomic mass is 9.95. The lowest BCUT2D eigenvalue weighted by Gasteiger charge is -2.37. The van der Waals surface area contributed by atoms with Crippen LogP contribution >= 0.6 is 11.8 Å². The first-order chi connectivity index (χ1) is 11.2. The molecule has 1 saturated heterocycles. The molecule has 1 aliphatic heterocycles. The summed E-state index contributed by atoms with van der Waals surface area (Å²) < 4.78 is 0. The summed E-state index contributed by atoms with van der Waals surface area (Å²) in [6.45, 7) is 7.02. The number of hydrogen-bond donors (Lipinski definition) is 0. The van der Waals surface area contributed by atoms with E-state index < -0.39 is 0 Å². The van der Waals surface area contributed by atoms with Crippen LogP contribution in [0, 0.1) is 5.92 Å². The lowest BCUT2D eigenvalue weighted by molar-refractivity contribution is 0.130. The van der Waals surface area contributed by atoms with Gasteiger partial charge < -0.3 is 0 Å².